The van der Waals surface area contributed by atoms with Crippen LogP contribution in [0.1, 0.15) is 140 Å². The Morgan fingerprint density at radius 2 is 0.849 bits per heavy atom. The molecule has 0 atom stereocenters. The van der Waals surface area contributed by atoms with Gasteiger partial charge in [-0.1, -0.05) is 90.5 Å². The van der Waals surface area contributed by atoms with E-state index >= 15 is 0 Å². The van der Waals surface area contributed by atoms with E-state index in [2.05, 4.69) is 52.0 Å². The third-order valence-electron chi connectivity index (χ3n) is 15.2. The molecule has 6 aromatic carbocycles. The van der Waals surface area contributed by atoms with Crippen molar-refractivity contribution in [3.8, 4) is 31.3 Å². The first-order valence-electron chi connectivity index (χ1n) is 28.6. The summed E-state index contributed by atoms with van der Waals surface area (Å²) >= 11 is 3.91. The molecule has 434 valence electrons. The van der Waals surface area contributed by atoms with Crippen molar-refractivity contribution in [3.63, 3.8) is 0 Å². The molecule has 9 aromatic rings. The molecule has 3 fully saturated rings. The van der Waals surface area contributed by atoms with Gasteiger partial charge in [-0.15, -0.1) is 34.0 Å². The second-order valence-electron chi connectivity index (χ2n) is 22.3. The summed E-state index contributed by atoms with van der Waals surface area (Å²) in [6.45, 7) is 15.1. The van der Waals surface area contributed by atoms with E-state index in [0.29, 0.717) is 96.0 Å². The van der Waals surface area contributed by atoms with Crippen LogP contribution in [0, 0.1) is 63.7 Å². The Hall–Kier alpha value is -8.81. The van der Waals surface area contributed by atoms with Crippen LogP contribution in [0.15, 0.2) is 158 Å². The van der Waals surface area contributed by atoms with Crippen molar-refractivity contribution in [2.75, 3.05) is 16.0 Å². The van der Waals surface area contributed by atoms with Crippen molar-refractivity contribution < 1.29 is 37.5 Å². The van der Waals surface area contributed by atoms with Crippen molar-refractivity contribution in [1.29, 1.82) is 0 Å². The third-order valence-corrected chi connectivity index (χ3v) is 18.6. The average Bonchev–Trinajstić information content (AvgIpc) is 4.65. The number of hydrogen-bond acceptors (Lipinski definition) is 9. The smallest absolute Gasteiger partial charge is 0.265 e. The van der Waals surface area contributed by atoms with Crippen molar-refractivity contribution in [1.82, 2.24) is 0 Å². The van der Waals surface area contributed by atoms with Gasteiger partial charge >= 0.3 is 0 Å². The number of nitrogens with zero attached hydrogens (tertiary/aromatic N) is 1. The van der Waals surface area contributed by atoms with Gasteiger partial charge in [0.1, 0.15) is 11.6 Å². The second-order valence-corrected chi connectivity index (χ2v) is 25.5. The maximum Gasteiger partial charge on any atom is 0.265 e. The fourth-order valence-corrected chi connectivity index (χ4v) is 12.2. The van der Waals surface area contributed by atoms with Crippen molar-refractivity contribution in [2.24, 2.45) is 17.8 Å². The molecule has 10 nitrogen and oxygen atoms in total. The molecule has 3 N–H and O–H groups in total. The number of thiophene rings is 3. The summed E-state index contributed by atoms with van der Waals surface area (Å²) in [5.41, 5.74) is 10.4. The highest BCUT2D eigenvalue weighted by molar-refractivity contribution is 7.18. The monoisotopic (exact) mass is 1200 g/mol. The van der Waals surface area contributed by atoms with Crippen molar-refractivity contribution >= 4 is 91.8 Å². The summed E-state index contributed by atoms with van der Waals surface area (Å²) in [5, 5.41) is 8.76. The maximum absolute atomic E-state index is 14.0. The van der Waals surface area contributed by atoms with E-state index in [-0.39, 0.29) is 40.6 Å². The fourth-order valence-electron chi connectivity index (χ4n) is 9.46. The molecule has 3 saturated carbocycles. The lowest BCUT2D eigenvalue weighted by atomic mass is 10.0. The van der Waals surface area contributed by atoms with Gasteiger partial charge in [-0.25, -0.2) is 13.6 Å². The summed E-state index contributed by atoms with van der Waals surface area (Å²) in [6, 6.07) is 45.9. The highest BCUT2D eigenvalue weighted by Crippen LogP contribution is 2.39. The van der Waals surface area contributed by atoms with Gasteiger partial charge in [0, 0.05) is 73.2 Å². The van der Waals surface area contributed by atoms with E-state index in [1.165, 1.54) is 28.2 Å². The highest BCUT2D eigenvalue weighted by Gasteiger charge is 2.28. The molecule has 3 heterocycles. The summed E-state index contributed by atoms with van der Waals surface area (Å²) in [6.07, 6.45) is 8.54. The van der Waals surface area contributed by atoms with Gasteiger partial charge in [-0.2, -0.15) is 0 Å². The number of benzene rings is 6. The zero-order valence-electron chi connectivity index (χ0n) is 48.0. The van der Waals surface area contributed by atoms with Gasteiger partial charge in [0.2, 0.25) is 0 Å². The Kier molecular flexibility index (Phi) is 19.0. The molecule has 3 amide bonds. The van der Waals surface area contributed by atoms with Gasteiger partial charge in [0.25, 0.3) is 17.7 Å². The molecule has 3 aliphatic rings. The SMILES string of the molecule is Cc1ccc(-c2ccc(C(=O)Nc3cc(C(=O)CC4CC4)ccc3C)s2)cc1.Cc1ccc(C(=O)CC2CC2)cc1NC(=O)c1ccc(-c2cc(F)ccc2F)s1.[C-]#[N+]c1ccccc1-c1ccc(C(=O)Nc2cc(C(=O)CC3CC3)ccc2C)s1. The van der Waals surface area contributed by atoms with Crippen molar-refractivity contribution in [3.05, 3.63) is 234 Å². The first-order chi connectivity index (χ1) is 41.4. The van der Waals surface area contributed by atoms with Crippen LogP contribution in [-0.2, 0) is 0 Å². The van der Waals surface area contributed by atoms with Crippen LogP contribution in [-0.4, -0.2) is 35.1 Å². The van der Waals surface area contributed by atoms with Crippen LogP contribution < -0.4 is 16.0 Å². The molecule has 3 aliphatic carbocycles. The van der Waals surface area contributed by atoms with Gasteiger partial charge < -0.3 is 16.0 Å². The van der Waals surface area contributed by atoms with E-state index in [1.807, 2.05) is 93.6 Å². The number of hydrogen-bond donors (Lipinski definition) is 3. The first kappa shape index (κ1) is 60.3. The summed E-state index contributed by atoms with van der Waals surface area (Å²) in [4.78, 5) is 82.9. The van der Waals surface area contributed by atoms with E-state index in [9.17, 15) is 37.5 Å². The molecule has 86 heavy (non-hydrogen) atoms. The minimum absolute atomic E-state index is 0.0861. The number of rotatable bonds is 18. The van der Waals surface area contributed by atoms with Crippen LogP contribution >= 0.6 is 34.0 Å². The normalized spacial score (nSPS) is 13.2. The number of anilines is 3. The first-order valence-corrected chi connectivity index (χ1v) is 31.0. The minimum atomic E-state index is -0.544. The predicted molar refractivity (Wildman–Crippen MR) is 343 cm³/mol. The summed E-state index contributed by atoms with van der Waals surface area (Å²) < 4.78 is 27.4. The van der Waals surface area contributed by atoms with Gasteiger partial charge in [-0.3, -0.25) is 28.8 Å². The Morgan fingerprint density at radius 1 is 0.453 bits per heavy atom. The van der Waals surface area contributed by atoms with Gasteiger partial charge in [0.05, 0.1) is 21.2 Å². The molecule has 0 unspecified atom stereocenters. The Morgan fingerprint density at radius 3 is 1.27 bits per heavy atom. The molecule has 15 heteroatoms. The zero-order chi connectivity index (χ0) is 60.6. The number of aryl methyl sites for hydroxylation is 4. The molecule has 0 bridgehead atoms. The molecule has 0 aliphatic heterocycles. The largest absolute Gasteiger partial charge is 0.321 e. The number of carbonyl (C=O) groups excluding carboxylic acids is 6. The van der Waals surface area contributed by atoms with Crippen LogP contribution in [0.5, 0.6) is 0 Å². The van der Waals surface area contributed by atoms with E-state index < -0.39 is 11.6 Å². The minimum Gasteiger partial charge on any atom is -0.321 e. The molecule has 0 spiro atoms. The zero-order valence-corrected chi connectivity index (χ0v) is 50.4. The number of ketones is 3. The van der Waals surface area contributed by atoms with E-state index in [1.54, 1.807) is 42.5 Å². The average molecular weight is 1200 g/mol. The lowest BCUT2D eigenvalue weighted by molar-refractivity contribution is 0.0968. The quantitative estimate of drug-likeness (QED) is 0.0577. The summed E-state index contributed by atoms with van der Waals surface area (Å²) in [5.74, 6) is 0.179. The Bertz CT molecular complexity index is 4100. The van der Waals surface area contributed by atoms with Crippen LogP contribution in [0.2, 0.25) is 0 Å². The van der Waals surface area contributed by atoms with Crippen LogP contribution in [0.25, 0.3) is 36.2 Å². The molecular weight excluding hydrogens is 1140 g/mol. The number of para-hydroxylation sites is 1. The molecule has 0 saturated heterocycles. The Labute approximate surface area is 511 Å². The summed E-state index contributed by atoms with van der Waals surface area (Å²) in [7, 11) is 0. The molecule has 0 radical (unpaired) electrons. The van der Waals surface area contributed by atoms with Crippen LogP contribution in [0.4, 0.5) is 31.5 Å². The van der Waals surface area contributed by atoms with Gasteiger partial charge in [0.15, 0.2) is 23.0 Å². The van der Waals surface area contributed by atoms with Crippen molar-refractivity contribution in [2.45, 2.75) is 85.5 Å². The fraction of sp³-hybridized carbons (Fsp3) is 0.225. The topological polar surface area (TPSA) is 143 Å². The maximum atomic E-state index is 14.0. The number of halogens is 2. The predicted octanol–water partition coefficient (Wildman–Crippen LogP) is 19.0. The van der Waals surface area contributed by atoms with E-state index in [4.69, 9.17) is 6.57 Å². The lowest BCUT2D eigenvalue weighted by Crippen LogP contribution is -2.12. The molecular formula is C71H62F2N4O6S3. The Balaban J connectivity index is 0.000000143. The van der Waals surface area contributed by atoms with E-state index in [0.717, 1.165) is 106 Å². The third kappa shape index (κ3) is 15.7. The standard InChI is InChI=1S/C24H20N2O2S.C24H23NO2S.C23H19F2NO2S/c1-15-7-10-17(21(27)13-16-8-9-16)14-20(15)26-24(28)23-12-11-22(29-23)18-5-3-4-6-19(18)25-2;1-15-3-8-18(9-4-15)22-11-12-23(28-22)24(27)25-20-14-19(10-5-16(20)2)21(26)13-17-6-7-17;1-13-2-5-15(20(27)10-14-3-4-14)11-19(13)26-23(28)22-9-8-21(29-22)17-12-16(24)6-7-18(17)25/h3-7,10-12,14,16H,8-9,13H2,1H3,(H,26,28);3-5,8-12,14,17H,6-7,13H2,1-2H3,(H,25,27);2,5-9,11-12,14H,3-4,10H2,1H3,(H,26,28). The highest BCUT2D eigenvalue weighted by atomic mass is 32.1. The second kappa shape index (κ2) is 27.1. The lowest BCUT2D eigenvalue weighted by Gasteiger charge is -2.10. The van der Waals surface area contributed by atoms with Gasteiger partial charge in [-0.05, 0) is 185 Å². The number of carbonyl (C=O) groups is 6. The molecule has 12 rings (SSSR count). The number of Topliss-reactive ketones (excluding diaryl/α,β-unsaturated/α-hetero) is 3. The number of amides is 3. The van der Waals surface area contributed by atoms with Crippen LogP contribution in [0.3, 0.4) is 0 Å². The molecule has 3 aromatic heterocycles. The number of nitrogens with one attached hydrogen (secondary N) is 3.